The molecule has 0 bridgehead atoms. The summed E-state index contributed by atoms with van der Waals surface area (Å²) in [4.78, 5) is 80.5. The number of carbonyl (C=O) groups excluding carboxylic acids is 4. The number of hydrogen-bond acceptors (Lipinski definition) is 12. The van der Waals surface area contributed by atoms with Crippen LogP contribution in [0.4, 0.5) is 26.3 Å². The van der Waals surface area contributed by atoms with Crippen molar-refractivity contribution < 1.29 is 64.1 Å². The van der Waals surface area contributed by atoms with Gasteiger partial charge < -0.3 is 39.8 Å². The predicted octanol–water partition coefficient (Wildman–Crippen LogP) is 7.85. The second-order valence-corrected chi connectivity index (χ2v) is 21.6. The summed E-state index contributed by atoms with van der Waals surface area (Å²) in [5.74, 6) is -2.68. The van der Waals surface area contributed by atoms with E-state index in [-0.39, 0.29) is 117 Å². The highest BCUT2D eigenvalue weighted by Gasteiger charge is 2.34. The summed E-state index contributed by atoms with van der Waals surface area (Å²) in [6.07, 6.45) is -8.81. The molecule has 446 valence electrons. The van der Waals surface area contributed by atoms with E-state index in [1.54, 1.807) is 0 Å². The van der Waals surface area contributed by atoms with Crippen LogP contribution in [0.15, 0.2) is 163 Å². The maximum Gasteiger partial charge on any atom is 0.416 e. The second kappa shape index (κ2) is 29.2. The summed E-state index contributed by atoms with van der Waals surface area (Å²) in [7, 11) is 0. The fourth-order valence-corrected chi connectivity index (χ4v) is 10.9. The molecular weight excluding hydrogens is 1170 g/mol. The van der Waals surface area contributed by atoms with E-state index in [1.807, 2.05) is 12.1 Å². The first-order valence-corrected chi connectivity index (χ1v) is 28.4. The summed E-state index contributed by atoms with van der Waals surface area (Å²) in [5.41, 5.74) is -4.31. The molecule has 0 aliphatic rings. The lowest BCUT2D eigenvalue weighted by molar-refractivity contribution is -0.138. The van der Waals surface area contributed by atoms with E-state index in [1.165, 1.54) is 98.8 Å². The molecule has 0 fully saturated rings. The Kier molecular flexibility index (Phi) is 21.9. The number of hydrogen-bond donors (Lipinski definition) is 4. The van der Waals surface area contributed by atoms with Crippen LogP contribution in [-0.2, 0) is 44.2 Å². The van der Waals surface area contributed by atoms with Gasteiger partial charge in [0.25, 0.3) is 34.7 Å². The van der Waals surface area contributed by atoms with E-state index in [0.717, 1.165) is 57.7 Å². The Balaban J connectivity index is 0.823. The number of rotatable bonds is 24. The summed E-state index contributed by atoms with van der Waals surface area (Å²) >= 11 is -4.08. The van der Waals surface area contributed by atoms with Crippen LogP contribution >= 0.6 is 0 Å². The van der Waals surface area contributed by atoms with Crippen molar-refractivity contribution in [3.05, 3.63) is 210 Å². The maximum atomic E-state index is 13.8. The molecule has 26 heteroatoms. The summed E-state index contributed by atoms with van der Waals surface area (Å²) in [6.45, 7) is 3.16. The third kappa shape index (κ3) is 16.2. The van der Waals surface area contributed by atoms with Crippen molar-refractivity contribution in [1.82, 2.24) is 30.4 Å². The molecule has 0 spiro atoms. The van der Waals surface area contributed by atoms with E-state index in [0.29, 0.717) is 12.8 Å². The topological polar surface area (TPSA) is 273 Å². The third-order valence-electron chi connectivity index (χ3n) is 12.9. The minimum absolute atomic E-state index is 0.0205. The van der Waals surface area contributed by atoms with Gasteiger partial charge in [-0.3, -0.25) is 37.9 Å². The first-order valence-electron chi connectivity index (χ1n) is 26.1. The summed E-state index contributed by atoms with van der Waals surface area (Å²) in [6, 6.07) is 31.2. The van der Waals surface area contributed by atoms with Crippen LogP contribution in [0.2, 0.25) is 0 Å². The van der Waals surface area contributed by atoms with Crippen molar-refractivity contribution >= 4 is 46.0 Å². The minimum Gasteiger partial charge on any atom is -0.606 e. The highest BCUT2D eigenvalue weighted by Crippen LogP contribution is 2.34. The molecule has 4 N–H and O–H groups in total. The van der Waals surface area contributed by atoms with E-state index < -0.39 is 91.7 Å². The number of pyridine rings is 2. The molecule has 18 nitrogen and oxygen atoms in total. The Morgan fingerprint density at radius 1 is 0.500 bits per heavy atom. The Morgan fingerprint density at radius 3 is 1.19 bits per heavy atom. The van der Waals surface area contributed by atoms with Crippen molar-refractivity contribution in [3.8, 4) is 23.5 Å². The highest BCUT2D eigenvalue weighted by molar-refractivity contribution is 7.91. The van der Waals surface area contributed by atoms with Crippen LogP contribution in [0.25, 0.3) is 11.4 Å². The normalized spacial score (nSPS) is 12.1. The van der Waals surface area contributed by atoms with Gasteiger partial charge in [0.15, 0.2) is 19.6 Å². The van der Waals surface area contributed by atoms with Crippen molar-refractivity contribution in [1.29, 1.82) is 10.5 Å². The van der Waals surface area contributed by atoms with Gasteiger partial charge in [-0.1, -0.05) is 12.1 Å². The monoisotopic (exact) mass is 1220 g/mol. The fraction of sp³-hybridized carbons (Fsp3) is 0.233. The number of nitriles is 2. The molecule has 7 rings (SSSR count). The smallest absolute Gasteiger partial charge is 0.416 e. The molecule has 0 saturated heterocycles. The first-order chi connectivity index (χ1) is 41.0. The Morgan fingerprint density at radius 2 is 0.849 bits per heavy atom. The van der Waals surface area contributed by atoms with Gasteiger partial charge in [-0.25, -0.2) is 0 Å². The Bertz CT molecular complexity index is 3580. The van der Waals surface area contributed by atoms with E-state index in [4.69, 9.17) is 9.47 Å². The van der Waals surface area contributed by atoms with Gasteiger partial charge in [-0.05, 0) is 136 Å². The fourth-order valence-electron chi connectivity index (χ4n) is 8.48. The zero-order chi connectivity index (χ0) is 62.3. The number of ether oxygens (including phenoxy) is 2. The summed E-state index contributed by atoms with van der Waals surface area (Å²) < 4.78 is 123. The number of nitrogens with zero attached hydrogens (tertiary/aromatic N) is 4. The quantitative estimate of drug-likeness (QED) is 0.0256. The van der Waals surface area contributed by atoms with E-state index >= 15 is 0 Å². The zero-order valence-electron chi connectivity index (χ0n) is 45.7. The molecule has 2 aromatic heterocycles. The number of carbonyl (C=O) groups is 4. The molecule has 2 unspecified atom stereocenters. The van der Waals surface area contributed by atoms with Crippen LogP contribution in [0.3, 0.4) is 0 Å². The van der Waals surface area contributed by atoms with Crippen molar-refractivity contribution in [2.24, 2.45) is 0 Å². The van der Waals surface area contributed by atoms with E-state index in [9.17, 15) is 74.7 Å². The number of amides is 4. The number of aromatic nitrogens is 2. The highest BCUT2D eigenvalue weighted by atomic mass is 32.2. The van der Waals surface area contributed by atoms with Gasteiger partial charge in [0.05, 0.1) is 59.0 Å². The largest absolute Gasteiger partial charge is 0.606 e. The predicted molar refractivity (Wildman–Crippen MR) is 302 cm³/mol. The van der Waals surface area contributed by atoms with Crippen molar-refractivity contribution in [2.45, 2.75) is 58.6 Å². The van der Waals surface area contributed by atoms with Crippen LogP contribution in [0.5, 0.6) is 0 Å². The molecular formula is C60H52F6N8O10S2. The molecule has 5 aromatic carbocycles. The average Bonchev–Trinajstić information content (AvgIpc) is 1.06. The zero-order valence-corrected chi connectivity index (χ0v) is 47.4. The third-order valence-corrected chi connectivity index (χ3v) is 16.0. The van der Waals surface area contributed by atoms with Gasteiger partial charge >= 0.3 is 12.4 Å². The average molecular weight is 1220 g/mol. The molecule has 0 aliphatic heterocycles. The molecule has 86 heavy (non-hydrogen) atoms. The van der Waals surface area contributed by atoms with Crippen LogP contribution in [0, 0.1) is 36.5 Å². The Hall–Kier alpha value is -9.02. The number of halogens is 6. The lowest BCUT2D eigenvalue weighted by Gasteiger charge is -2.19. The molecule has 4 amide bonds. The van der Waals surface area contributed by atoms with Crippen LogP contribution < -0.4 is 32.4 Å². The van der Waals surface area contributed by atoms with Crippen LogP contribution in [0.1, 0.15) is 87.9 Å². The molecule has 7 aromatic rings. The van der Waals surface area contributed by atoms with Crippen molar-refractivity contribution in [2.75, 3.05) is 52.6 Å². The lowest BCUT2D eigenvalue weighted by atomic mass is 10.1. The number of benzene rings is 5. The van der Waals surface area contributed by atoms with Gasteiger partial charge in [0.2, 0.25) is 0 Å². The standard InChI is InChI=1S/C60H52F6N8O10S2/c1-37-51(85(81)47-19-11-39(35-67)12-20-47)33-49(57(79)73(37)45-9-3-7-43(31-45)59(61,62)63)55(77)71-25-29-83-27-5-23-69-53(75)41-15-17-42(18-16-41)54(76)70-24-6-28-84-30-26-72-56(78)50-34-52(86(82)48-21-13-40(36-68)14-22-48)38(2)74(58(50)80)46-10-4-8-44(32-46)60(64,65)66/h3-4,7-22,31-34H,5-6,23-30H2,1-2H3,(H,69,75)(H,70,76)(H,71,77)(H,72,78). The van der Waals surface area contributed by atoms with Crippen LogP contribution in [-0.4, -0.2) is 94.5 Å². The van der Waals surface area contributed by atoms with Gasteiger partial charge in [0.1, 0.15) is 11.1 Å². The maximum absolute atomic E-state index is 13.8. The Labute approximate surface area is 493 Å². The SMILES string of the molecule is Cc1c([S+]([O-])c2ccc(C#N)cc2)cc(C(=O)NCCOCCCNC(=O)c2ccc(C(=O)NCCCOCCNC(=O)c3cc([S+]([O-])c4ccc(C#N)cc4)c(C)n(-c4cccc(C(F)(F)F)c4)c3=O)cc2)c(=O)n1-c1cccc(C(F)(F)F)c1. The first kappa shape index (κ1) is 64.5. The second-order valence-electron chi connectivity index (χ2n) is 18.7. The number of alkyl halides is 6. The lowest BCUT2D eigenvalue weighted by Crippen LogP contribution is -2.36. The van der Waals surface area contributed by atoms with Gasteiger partial charge in [-0.2, -0.15) is 36.9 Å². The van der Waals surface area contributed by atoms with Gasteiger partial charge in [-0.15, -0.1) is 0 Å². The van der Waals surface area contributed by atoms with Crippen molar-refractivity contribution in [3.63, 3.8) is 0 Å². The molecule has 2 heterocycles. The number of nitrogens with one attached hydrogen (secondary N) is 4. The van der Waals surface area contributed by atoms with E-state index in [2.05, 4.69) is 21.3 Å². The molecule has 0 saturated carbocycles. The molecule has 0 radical (unpaired) electrons. The molecule has 0 aliphatic carbocycles. The summed E-state index contributed by atoms with van der Waals surface area (Å²) in [5, 5.41) is 28.9. The minimum atomic E-state index is -4.75. The van der Waals surface area contributed by atoms with Gasteiger partial charge in [0, 0.05) is 96.4 Å². The molecule has 2 atom stereocenters.